The SMILES string of the molecule is O=C1CN(Cc2ccccc2)CC2=C1C(c1ccc(F)c(Cl)c1)C1C(=O)CCC1=N2. The van der Waals surface area contributed by atoms with Gasteiger partial charge in [0.2, 0.25) is 0 Å². The molecule has 0 radical (unpaired) electrons. The average molecular weight is 423 g/mol. The zero-order chi connectivity index (χ0) is 20.8. The molecular weight excluding hydrogens is 403 g/mol. The van der Waals surface area contributed by atoms with E-state index in [4.69, 9.17) is 16.6 Å². The van der Waals surface area contributed by atoms with Crippen molar-refractivity contribution in [3.05, 3.63) is 81.8 Å². The first-order valence-electron chi connectivity index (χ1n) is 10.1. The summed E-state index contributed by atoms with van der Waals surface area (Å²) in [6.45, 7) is 1.47. The van der Waals surface area contributed by atoms with Gasteiger partial charge in [0.05, 0.1) is 23.2 Å². The minimum atomic E-state index is -0.513. The Balaban J connectivity index is 1.55. The molecule has 0 saturated heterocycles. The number of nitrogens with zero attached hydrogens (tertiary/aromatic N) is 2. The van der Waals surface area contributed by atoms with E-state index >= 15 is 0 Å². The van der Waals surface area contributed by atoms with Gasteiger partial charge >= 0.3 is 0 Å². The van der Waals surface area contributed by atoms with Gasteiger partial charge in [-0.15, -0.1) is 0 Å². The van der Waals surface area contributed by atoms with Gasteiger partial charge in [0.25, 0.3) is 0 Å². The summed E-state index contributed by atoms with van der Waals surface area (Å²) in [4.78, 5) is 32.8. The maximum Gasteiger partial charge on any atom is 0.175 e. The predicted octanol–water partition coefficient (Wildman–Crippen LogP) is 4.34. The van der Waals surface area contributed by atoms with Crippen LogP contribution in [0, 0.1) is 11.7 Å². The van der Waals surface area contributed by atoms with E-state index in [-0.39, 0.29) is 23.1 Å². The Hall–Kier alpha value is -2.63. The van der Waals surface area contributed by atoms with Gasteiger partial charge in [0, 0.05) is 36.7 Å². The lowest BCUT2D eigenvalue weighted by Crippen LogP contribution is -2.42. The van der Waals surface area contributed by atoms with Crippen LogP contribution in [0.4, 0.5) is 4.39 Å². The van der Waals surface area contributed by atoms with Crippen LogP contribution in [0.25, 0.3) is 0 Å². The molecule has 2 aromatic carbocycles. The molecule has 5 rings (SSSR count). The van der Waals surface area contributed by atoms with Crippen LogP contribution >= 0.6 is 11.6 Å². The van der Waals surface area contributed by atoms with Crippen LogP contribution in [0.1, 0.15) is 29.9 Å². The summed E-state index contributed by atoms with van der Waals surface area (Å²) in [7, 11) is 0. The highest BCUT2D eigenvalue weighted by atomic mass is 35.5. The van der Waals surface area contributed by atoms with Crippen molar-refractivity contribution in [1.29, 1.82) is 0 Å². The number of rotatable bonds is 3. The minimum Gasteiger partial charge on any atom is -0.299 e. The van der Waals surface area contributed by atoms with Gasteiger partial charge in [-0.2, -0.15) is 0 Å². The highest BCUT2D eigenvalue weighted by molar-refractivity contribution is 6.30. The molecule has 2 atom stereocenters. The summed E-state index contributed by atoms with van der Waals surface area (Å²) >= 11 is 6.04. The predicted molar refractivity (Wildman–Crippen MR) is 113 cm³/mol. The smallest absolute Gasteiger partial charge is 0.175 e. The molecule has 3 aliphatic rings. The topological polar surface area (TPSA) is 49.7 Å². The number of aliphatic imine (C=N–C) groups is 1. The van der Waals surface area contributed by atoms with Crippen LogP contribution in [0.5, 0.6) is 0 Å². The van der Waals surface area contributed by atoms with E-state index in [0.29, 0.717) is 37.1 Å². The van der Waals surface area contributed by atoms with Gasteiger partial charge < -0.3 is 0 Å². The second-order valence-corrected chi connectivity index (χ2v) is 8.52. The van der Waals surface area contributed by atoms with Crippen molar-refractivity contribution in [2.24, 2.45) is 10.9 Å². The fourth-order valence-electron chi connectivity index (χ4n) is 4.86. The minimum absolute atomic E-state index is 0.00174. The molecule has 4 nitrogen and oxygen atoms in total. The molecule has 0 N–H and O–H groups in total. The van der Waals surface area contributed by atoms with Crippen LogP contribution in [0.2, 0.25) is 5.02 Å². The van der Waals surface area contributed by atoms with Crippen molar-refractivity contribution >= 4 is 28.9 Å². The largest absolute Gasteiger partial charge is 0.299 e. The molecule has 1 aliphatic carbocycles. The molecule has 1 fully saturated rings. The molecule has 2 aromatic rings. The normalized spacial score (nSPS) is 24.0. The maximum atomic E-state index is 13.8. The molecule has 0 aromatic heterocycles. The number of carbonyl (C=O) groups is 2. The summed E-state index contributed by atoms with van der Waals surface area (Å²) in [5.74, 6) is -1.34. The Morgan fingerprint density at radius 1 is 1.03 bits per heavy atom. The molecule has 2 unspecified atom stereocenters. The van der Waals surface area contributed by atoms with Crippen LogP contribution in [-0.2, 0) is 16.1 Å². The van der Waals surface area contributed by atoms with E-state index in [1.165, 1.54) is 6.07 Å². The molecule has 152 valence electrons. The van der Waals surface area contributed by atoms with Gasteiger partial charge in [-0.25, -0.2) is 4.39 Å². The number of ketones is 2. The van der Waals surface area contributed by atoms with Gasteiger partial charge in [-0.05, 0) is 29.7 Å². The van der Waals surface area contributed by atoms with Crippen molar-refractivity contribution in [1.82, 2.24) is 4.90 Å². The Labute approximate surface area is 179 Å². The van der Waals surface area contributed by atoms with E-state index in [2.05, 4.69) is 4.90 Å². The van der Waals surface area contributed by atoms with Gasteiger partial charge in [0.1, 0.15) is 11.6 Å². The lowest BCUT2D eigenvalue weighted by Gasteiger charge is -2.37. The summed E-state index contributed by atoms with van der Waals surface area (Å²) in [5, 5.41) is -0.00174. The summed E-state index contributed by atoms with van der Waals surface area (Å²) in [6.07, 6.45) is 1.04. The highest BCUT2D eigenvalue weighted by Gasteiger charge is 2.46. The van der Waals surface area contributed by atoms with Gasteiger partial charge in [-0.1, -0.05) is 48.0 Å². The number of carbonyl (C=O) groups excluding carboxylic acids is 2. The Morgan fingerprint density at radius 3 is 2.60 bits per heavy atom. The molecule has 30 heavy (non-hydrogen) atoms. The Kier molecular flexibility index (Phi) is 4.88. The van der Waals surface area contributed by atoms with Crippen molar-refractivity contribution in [3.8, 4) is 0 Å². The Morgan fingerprint density at radius 2 is 1.83 bits per heavy atom. The first kappa shape index (κ1) is 19.3. The molecule has 1 saturated carbocycles. The Bertz CT molecular complexity index is 1110. The van der Waals surface area contributed by atoms with Crippen molar-refractivity contribution in [2.75, 3.05) is 13.1 Å². The van der Waals surface area contributed by atoms with Crippen LogP contribution < -0.4 is 0 Å². The zero-order valence-electron chi connectivity index (χ0n) is 16.3. The number of fused-ring (bicyclic) bond motifs is 1. The summed E-state index contributed by atoms with van der Waals surface area (Å²) < 4.78 is 13.8. The lowest BCUT2D eigenvalue weighted by atomic mass is 9.73. The molecule has 6 heteroatoms. The number of hydrogen-bond acceptors (Lipinski definition) is 4. The zero-order valence-corrected chi connectivity index (χ0v) is 17.0. The number of benzene rings is 2. The molecule has 0 amide bonds. The monoisotopic (exact) mass is 422 g/mol. The molecule has 2 heterocycles. The van der Waals surface area contributed by atoms with Crippen LogP contribution in [0.15, 0.2) is 64.8 Å². The fourth-order valence-corrected chi connectivity index (χ4v) is 5.05. The first-order chi connectivity index (χ1) is 14.5. The van der Waals surface area contributed by atoms with Crippen molar-refractivity contribution < 1.29 is 14.0 Å². The molecule has 0 bridgehead atoms. The molecule has 2 aliphatic heterocycles. The number of halogens is 2. The lowest BCUT2D eigenvalue weighted by molar-refractivity contribution is -0.120. The van der Waals surface area contributed by atoms with Crippen molar-refractivity contribution in [3.63, 3.8) is 0 Å². The molecular formula is C24H20ClFN2O2. The van der Waals surface area contributed by atoms with E-state index in [0.717, 1.165) is 17.0 Å². The summed E-state index contributed by atoms with van der Waals surface area (Å²) in [6, 6.07) is 14.5. The standard InChI is InChI=1S/C24H20ClFN2O2/c25-16-10-15(6-7-17(16)26)22-23-18(8-9-20(23)29)27-19-12-28(13-21(30)24(19)22)11-14-4-2-1-3-5-14/h1-7,10,22-23H,8-9,11-13H2. The van der Waals surface area contributed by atoms with Crippen LogP contribution in [0.3, 0.4) is 0 Å². The third-order valence-corrected chi connectivity index (χ3v) is 6.45. The second kappa shape index (κ2) is 7.56. The van der Waals surface area contributed by atoms with E-state index in [1.807, 2.05) is 30.3 Å². The fraction of sp³-hybridized carbons (Fsp3) is 0.292. The number of hydrogen-bond donors (Lipinski definition) is 0. The number of Topliss-reactive ketones (excluding diaryl/α,β-unsaturated/α-hetero) is 2. The van der Waals surface area contributed by atoms with E-state index in [9.17, 15) is 14.0 Å². The van der Waals surface area contributed by atoms with Gasteiger partial charge in [-0.3, -0.25) is 19.5 Å². The van der Waals surface area contributed by atoms with E-state index < -0.39 is 17.7 Å². The first-order valence-corrected chi connectivity index (χ1v) is 10.5. The van der Waals surface area contributed by atoms with Crippen molar-refractivity contribution in [2.45, 2.75) is 25.3 Å². The quantitative estimate of drug-likeness (QED) is 0.739. The van der Waals surface area contributed by atoms with E-state index in [1.54, 1.807) is 12.1 Å². The average Bonchev–Trinajstić information content (AvgIpc) is 3.10. The molecule has 0 spiro atoms. The maximum absolute atomic E-state index is 13.8. The summed E-state index contributed by atoms with van der Waals surface area (Å²) in [5.41, 5.74) is 3.98. The van der Waals surface area contributed by atoms with Crippen LogP contribution in [-0.4, -0.2) is 35.3 Å². The van der Waals surface area contributed by atoms with Gasteiger partial charge in [0.15, 0.2) is 5.78 Å². The highest BCUT2D eigenvalue weighted by Crippen LogP contribution is 2.45. The third kappa shape index (κ3) is 3.32. The second-order valence-electron chi connectivity index (χ2n) is 8.11. The third-order valence-electron chi connectivity index (χ3n) is 6.16.